The van der Waals surface area contributed by atoms with E-state index in [1.54, 1.807) is 0 Å². The fourth-order valence-corrected chi connectivity index (χ4v) is 3.42. The van der Waals surface area contributed by atoms with Crippen LogP contribution in [0.5, 0.6) is 5.75 Å². The molecule has 0 aromatic heterocycles. The monoisotopic (exact) mass is 295 g/mol. The van der Waals surface area contributed by atoms with Crippen molar-refractivity contribution in [2.24, 2.45) is 0 Å². The lowest BCUT2D eigenvalue weighted by molar-refractivity contribution is 0.0927. The topological polar surface area (TPSA) is 21.3 Å². The number of benzene rings is 1. The molecule has 0 radical (unpaired) electrons. The molecule has 3 rings (SSSR count). The Kier molecular flexibility index (Phi) is 3.39. The average Bonchev–Trinajstić information content (AvgIpc) is 2.28. The van der Waals surface area contributed by atoms with Gasteiger partial charge in [0.1, 0.15) is 11.9 Å². The highest BCUT2D eigenvalue weighted by molar-refractivity contribution is 9.10. The zero-order valence-corrected chi connectivity index (χ0v) is 11.4. The molecule has 1 aromatic rings. The summed E-state index contributed by atoms with van der Waals surface area (Å²) in [4.78, 5) is 0. The number of halogens is 1. The second kappa shape index (κ2) is 4.99. The number of nitrogens with one attached hydrogen (secondary N) is 1. The third-order valence-electron chi connectivity index (χ3n) is 3.77. The van der Waals surface area contributed by atoms with Crippen LogP contribution in [-0.4, -0.2) is 18.2 Å². The summed E-state index contributed by atoms with van der Waals surface area (Å²) in [5.41, 5.74) is 0. The standard InChI is InChI=1S/C14H18BrNO/c15-10-3-1-6-13(7-10)17-14-8-11-4-2-5-12(9-14)16-11/h1,3,6-7,11-12,14,16H,2,4-5,8-9H2/t11-,12+,14+. The van der Waals surface area contributed by atoms with Gasteiger partial charge in [0.2, 0.25) is 0 Å². The first-order chi connectivity index (χ1) is 8.29. The van der Waals surface area contributed by atoms with Gasteiger partial charge < -0.3 is 10.1 Å². The van der Waals surface area contributed by atoms with Crippen molar-refractivity contribution in [3.05, 3.63) is 28.7 Å². The van der Waals surface area contributed by atoms with Gasteiger partial charge >= 0.3 is 0 Å². The van der Waals surface area contributed by atoms with Crippen LogP contribution in [-0.2, 0) is 0 Å². The molecule has 3 atom stereocenters. The van der Waals surface area contributed by atoms with Gasteiger partial charge in [-0.05, 0) is 43.9 Å². The van der Waals surface area contributed by atoms with Gasteiger partial charge in [0, 0.05) is 16.6 Å². The molecule has 2 nitrogen and oxygen atoms in total. The first kappa shape index (κ1) is 11.5. The maximum absolute atomic E-state index is 6.10. The molecule has 2 saturated heterocycles. The zero-order valence-electron chi connectivity index (χ0n) is 9.86. The normalized spacial score (nSPS) is 32.2. The van der Waals surface area contributed by atoms with Gasteiger partial charge in [-0.25, -0.2) is 0 Å². The van der Waals surface area contributed by atoms with Crippen LogP contribution in [0.1, 0.15) is 32.1 Å². The Morgan fingerprint density at radius 1 is 1.18 bits per heavy atom. The number of ether oxygens (including phenoxy) is 1. The minimum absolute atomic E-state index is 0.390. The van der Waals surface area contributed by atoms with E-state index in [-0.39, 0.29) is 0 Å². The second-order valence-corrected chi connectivity index (χ2v) is 6.08. The van der Waals surface area contributed by atoms with E-state index in [0.29, 0.717) is 18.2 Å². The van der Waals surface area contributed by atoms with Crippen molar-refractivity contribution in [3.8, 4) is 5.75 Å². The highest BCUT2D eigenvalue weighted by Gasteiger charge is 2.32. The van der Waals surface area contributed by atoms with Crippen molar-refractivity contribution in [1.82, 2.24) is 5.32 Å². The van der Waals surface area contributed by atoms with Crippen molar-refractivity contribution in [2.45, 2.75) is 50.3 Å². The van der Waals surface area contributed by atoms with E-state index in [1.165, 1.54) is 19.3 Å². The molecule has 0 saturated carbocycles. The summed E-state index contributed by atoms with van der Waals surface area (Å²) in [7, 11) is 0. The lowest BCUT2D eigenvalue weighted by atomic mass is 9.85. The Morgan fingerprint density at radius 2 is 1.94 bits per heavy atom. The maximum Gasteiger partial charge on any atom is 0.120 e. The van der Waals surface area contributed by atoms with Crippen LogP contribution in [0, 0.1) is 0 Å². The van der Waals surface area contributed by atoms with E-state index >= 15 is 0 Å². The predicted molar refractivity (Wildman–Crippen MR) is 72.4 cm³/mol. The summed E-state index contributed by atoms with van der Waals surface area (Å²) in [5, 5.41) is 3.69. The van der Waals surface area contributed by atoms with Crippen LogP contribution in [0.25, 0.3) is 0 Å². The van der Waals surface area contributed by atoms with Crippen molar-refractivity contribution in [2.75, 3.05) is 0 Å². The molecule has 92 valence electrons. The maximum atomic E-state index is 6.10. The molecule has 2 aliphatic rings. The number of piperidine rings is 2. The average molecular weight is 296 g/mol. The van der Waals surface area contributed by atoms with Gasteiger partial charge in [-0.3, -0.25) is 0 Å². The van der Waals surface area contributed by atoms with Crippen molar-refractivity contribution < 1.29 is 4.74 Å². The number of hydrogen-bond acceptors (Lipinski definition) is 2. The molecule has 0 amide bonds. The minimum atomic E-state index is 0.390. The third kappa shape index (κ3) is 2.83. The number of hydrogen-bond donors (Lipinski definition) is 1. The Labute approximate surface area is 111 Å². The van der Waals surface area contributed by atoms with Crippen molar-refractivity contribution in [3.63, 3.8) is 0 Å². The summed E-state index contributed by atoms with van der Waals surface area (Å²) >= 11 is 3.48. The van der Waals surface area contributed by atoms with Gasteiger partial charge in [0.05, 0.1) is 0 Å². The first-order valence-electron chi connectivity index (χ1n) is 6.48. The zero-order chi connectivity index (χ0) is 11.7. The molecule has 1 N–H and O–H groups in total. The summed E-state index contributed by atoms with van der Waals surface area (Å²) in [6, 6.07) is 9.52. The predicted octanol–water partition coefficient (Wildman–Crippen LogP) is 3.50. The SMILES string of the molecule is Brc1cccc(O[C@H]2C[C@H]3CCC[C@@H](C2)N3)c1. The second-order valence-electron chi connectivity index (χ2n) is 5.16. The first-order valence-corrected chi connectivity index (χ1v) is 7.27. The Hall–Kier alpha value is -0.540. The van der Waals surface area contributed by atoms with Crippen LogP contribution < -0.4 is 10.1 Å². The van der Waals surface area contributed by atoms with Crippen LogP contribution in [0.3, 0.4) is 0 Å². The largest absolute Gasteiger partial charge is 0.490 e. The molecule has 2 aliphatic heterocycles. The Bertz CT molecular complexity index is 384. The third-order valence-corrected chi connectivity index (χ3v) is 4.26. The minimum Gasteiger partial charge on any atom is -0.490 e. The van der Waals surface area contributed by atoms with E-state index < -0.39 is 0 Å². The van der Waals surface area contributed by atoms with E-state index in [9.17, 15) is 0 Å². The van der Waals surface area contributed by atoms with Gasteiger partial charge in [-0.1, -0.05) is 28.4 Å². The molecular weight excluding hydrogens is 278 g/mol. The molecule has 1 aromatic carbocycles. The smallest absolute Gasteiger partial charge is 0.120 e. The Balaban J connectivity index is 1.65. The van der Waals surface area contributed by atoms with E-state index in [0.717, 1.165) is 23.1 Å². The fourth-order valence-electron chi connectivity index (χ4n) is 3.04. The lowest BCUT2D eigenvalue weighted by Crippen LogP contribution is -2.51. The molecule has 2 fully saturated rings. The highest BCUT2D eigenvalue weighted by Crippen LogP contribution is 2.29. The van der Waals surface area contributed by atoms with Gasteiger partial charge in [-0.2, -0.15) is 0 Å². The Morgan fingerprint density at radius 3 is 2.65 bits per heavy atom. The fraction of sp³-hybridized carbons (Fsp3) is 0.571. The van der Waals surface area contributed by atoms with E-state index in [4.69, 9.17) is 4.74 Å². The number of rotatable bonds is 2. The lowest BCUT2D eigenvalue weighted by Gasteiger charge is -2.40. The summed E-state index contributed by atoms with van der Waals surface area (Å²) in [6.45, 7) is 0. The summed E-state index contributed by atoms with van der Waals surface area (Å²) in [6.07, 6.45) is 6.71. The highest BCUT2D eigenvalue weighted by atomic mass is 79.9. The molecule has 17 heavy (non-hydrogen) atoms. The van der Waals surface area contributed by atoms with Gasteiger partial charge in [-0.15, -0.1) is 0 Å². The molecule has 0 unspecified atom stereocenters. The van der Waals surface area contributed by atoms with Gasteiger partial charge in [0.25, 0.3) is 0 Å². The molecule has 3 heteroatoms. The van der Waals surface area contributed by atoms with Crippen molar-refractivity contribution >= 4 is 15.9 Å². The van der Waals surface area contributed by atoms with Crippen LogP contribution >= 0.6 is 15.9 Å². The molecule has 0 spiro atoms. The van der Waals surface area contributed by atoms with E-state index in [1.807, 2.05) is 18.2 Å². The van der Waals surface area contributed by atoms with Crippen LogP contribution in [0.4, 0.5) is 0 Å². The van der Waals surface area contributed by atoms with Crippen LogP contribution in [0.15, 0.2) is 28.7 Å². The molecule has 2 bridgehead atoms. The summed E-state index contributed by atoms with van der Waals surface area (Å²) < 4.78 is 7.19. The quantitative estimate of drug-likeness (QED) is 0.902. The summed E-state index contributed by atoms with van der Waals surface area (Å²) in [5.74, 6) is 0.990. The molecule has 0 aliphatic carbocycles. The van der Waals surface area contributed by atoms with Gasteiger partial charge in [0.15, 0.2) is 0 Å². The number of fused-ring (bicyclic) bond motifs is 2. The van der Waals surface area contributed by atoms with Crippen LogP contribution in [0.2, 0.25) is 0 Å². The van der Waals surface area contributed by atoms with E-state index in [2.05, 4.69) is 27.3 Å². The molecule has 2 heterocycles. The molecular formula is C14H18BrNO. The van der Waals surface area contributed by atoms with Crippen molar-refractivity contribution in [1.29, 1.82) is 0 Å².